The number of hydrogen-bond acceptors (Lipinski definition) is 6. The van der Waals surface area contributed by atoms with Crippen molar-refractivity contribution >= 4 is 23.6 Å². The highest BCUT2D eigenvalue weighted by molar-refractivity contribution is 7.99. The number of anilines is 1. The molecule has 28 heavy (non-hydrogen) atoms. The highest BCUT2D eigenvalue weighted by Crippen LogP contribution is 2.21. The monoisotopic (exact) mass is 403 g/mol. The summed E-state index contributed by atoms with van der Waals surface area (Å²) in [5.74, 6) is 1.15. The fourth-order valence-corrected chi connectivity index (χ4v) is 2.94. The summed E-state index contributed by atoms with van der Waals surface area (Å²) in [4.78, 5) is 11.9. The lowest BCUT2D eigenvalue weighted by atomic mass is 10.1. The Kier molecular flexibility index (Phi) is 8.51. The third kappa shape index (κ3) is 7.00. The summed E-state index contributed by atoms with van der Waals surface area (Å²) in [5, 5.41) is 0. The van der Waals surface area contributed by atoms with Crippen LogP contribution in [0.3, 0.4) is 0 Å². The van der Waals surface area contributed by atoms with E-state index in [0.29, 0.717) is 19.0 Å². The zero-order valence-corrected chi connectivity index (χ0v) is 17.8. The quantitative estimate of drug-likeness (QED) is 0.320. The van der Waals surface area contributed by atoms with E-state index >= 15 is 0 Å². The van der Waals surface area contributed by atoms with Crippen molar-refractivity contribution in [2.75, 3.05) is 24.2 Å². The number of rotatable bonds is 11. The molecule has 0 heterocycles. The summed E-state index contributed by atoms with van der Waals surface area (Å²) in [7, 11) is 0. The van der Waals surface area contributed by atoms with Crippen molar-refractivity contribution in [3.8, 4) is 11.5 Å². The first-order valence-electron chi connectivity index (χ1n) is 9.41. The second-order valence-corrected chi connectivity index (χ2v) is 7.37. The van der Waals surface area contributed by atoms with Gasteiger partial charge in [0.2, 0.25) is 0 Å². The van der Waals surface area contributed by atoms with Gasteiger partial charge >= 0.3 is 5.97 Å². The smallest absolute Gasteiger partial charge is 0.349 e. The molecule has 0 aromatic heterocycles. The summed E-state index contributed by atoms with van der Waals surface area (Å²) in [6.45, 7) is 6.19. The molecule has 0 spiro atoms. The number of esters is 1. The van der Waals surface area contributed by atoms with Crippen LogP contribution in [-0.4, -0.2) is 31.0 Å². The fourth-order valence-electron chi connectivity index (χ4n) is 2.57. The Labute approximate surface area is 171 Å². The molecule has 6 heteroatoms. The largest absolute Gasteiger partial charge is 0.494 e. The van der Waals surface area contributed by atoms with Crippen molar-refractivity contribution in [3.05, 3.63) is 54.1 Å². The maximum atomic E-state index is 11.9. The van der Waals surface area contributed by atoms with Crippen molar-refractivity contribution in [3.63, 3.8) is 0 Å². The van der Waals surface area contributed by atoms with Gasteiger partial charge in [0.1, 0.15) is 11.5 Å². The fraction of sp³-hybridized carbons (Fsp3) is 0.409. The number of ether oxygens (including phenoxy) is 3. The van der Waals surface area contributed by atoms with Crippen LogP contribution in [0, 0.1) is 0 Å². The van der Waals surface area contributed by atoms with Gasteiger partial charge in [-0.25, -0.2) is 4.79 Å². The molecule has 0 saturated heterocycles. The van der Waals surface area contributed by atoms with Crippen molar-refractivity contribution in [1.29, 1.82) is 0 Å². The van der Waals surface area contributed by atoms with Crippen molar-refractivity contribution in [2.24, 2.45) is 0 Å². The van der Waals surface area contributed by atoms with Crippen LogP contribution in [0.5, 0.6) is 11.5 Å². The van der Waals surface area contributed by atoms with E-state index < -0.39 is 5.60 Å². The number of carbonyl (C=O) groups excluding carboxylic acids is 1. The second-order valence-electron chi connectivity index (χ2n) is 6.76. The van der Waals surface area contributed by atoms with Gasteiger partial charge in [-0.2, -0.15) is 0 Å². The third-order valence-electron chi connectivity index (χ3n) is 4.02. The van der Waals surface area contributed by atoms with Crippen LogP contribution >= 0.6 is 11.9 Å². The van der Waals surface area contributed by atoms with Crippen LogP contribution in [0.2, 0.25) is 0 Å². The molecule has 2 rings (SSSR count). The van der Waals surface area contributed by atoms with Crippen LogP contribution in [-0.2, 0) is 16.0 Å². The van der Waals surface area contributed by atoms with Crippen LogP contribution in [0.15, 0.2) is 48.5 Å². The average Bonchev–Trinajstić information content (AvgIpc) is 2.68. The minimum Gasteiger partial charge on any atom is -0.494 e. The molecule has 0 bridgehead atoms. The minimum atomic E-state index is -1.01. The predicted octanol–water partition coefficient (Wildman–Crippen LogP) is 5.11. The first-order chi connectivity index (χ1) is 13.4. The summed E-state index contributed by atoms with van der Waals surface area (Å²) in [6.07, 6.45) is 3.82. The first-order valence-corrected chi connectivity index (χ1v) is 10.6. The van der Waals surface area contributed by atoms with E-state index in [2.05, 4.69) is 4.72 Å². The molecule has 0 atom stereocenters. The van der Waals surface area contributed by atoms with E-state index in [0.717, 1.165) is 24.3 Å². The maximum absolute atomic E-state index is 11.9. The summed E-state index contributed by atoms with van der Waals surface area (Å²) in [6, 6.07) is 15.7. The lowest BCUT2D eigenvalue weighted by molar-refractivity contribution is -0.158. The molecular formula is C22H29NO4S. The van der Waals surface area contributed by atoms with Gasteiger partial charge in [-0.1, -0.05) is 24.1 Å². The van der Waals surface area contributed by atoms with E-state index in [1.807, 2.05) is 54.8 Å². The number of aryl methyl sites for hydroxylation is 1. The molecule has 2 aromatic carbocycles. The molecule has 0 saturated carbocycles. The van der Waals surface area contributed by atoms with E-state index in [-0.39, 0.29) is 5.97 Å². The lowest BCUT2D eigenvalue weighted by Crippen LogP contribution is -2.39. The van der Waals surface area contributed by atoms with E-state index in [9.17, 15) is 4.79 Å². The Morgan fingerprint density at radius 1 is 1.04 bits per heavy atom. The Balaban J connectivity index is 1.75. The predicted molar refractivity (Wildman–Crippen MR) is 115 cm³/mol. The molecule has 0 fully saturated rings. The van der Waals surface area contributed by atoms with Gasteiger partial charge in [-0.05, 0) is 75.6 Å². The Morgan fingerprint density at radius 3 is 2.29 bits per heavy atom. The summed E-state index contributed by atoms with van der Waals surface area (Å²) in [5.41, 5.74) is 1.25. The molecule has 0 unspecified atom stereocenters. The second kappa shape index (κ2) is 10.9. The number of hydrogen-bond donors (Lipinski definition) is 1. The Bertz CT molecular complexity index is 729. The molecular weight excluding hydrogens is 374 g/mol. The Hall–Kier alpha value is -2.34. The molecule has 0 amide bonds. The highest BCUT2D eigenvalue weighted by atomic mass is 32.2. The number of benzene rings is 2. The molecule has 152 valence electrons. The Morgan fingerprint density at radius 2 is 1.68 bits per heavy atom. The molecule has 1 N–H and O–H groups in total. The van der Waals surface area contributed by atoms with Gasteiger partial charge in [0, 0.05) is 11.9 Å². The SMILES string of the molecule is CCOC(=O)C(C)(C)Oc1ccc(CCCOc2ccc(NSC)cc2)cc1. The van der Waals surface area contributed by atoms with Crippen LogP contribution in [0.25, 0.3) is 0 Å². The minimum absolute atomic E-state index is 0.339. The number of carbonyl (C=O) groups is 1. The lowest BCUT2D eigenvalue weighted by Gasteiger charge is -2.24. The topological polar surface area (TPSA) is 56.8 Å². The standard InChI is InChI=1S/C22H29NO4S/c1-5-25-21(24)22(2,3)27-20-12-8-17(9-13-20)7-6-16-26-19-14-10-18(11-15-19)23-28-4/h8-15,23H,5-7,16H2,1-4H3. The van der Waals surface area contributed by atoms with Crippen LogP contribution < -0.4 is 14.2 Å². The molecule has 0 aliphatic rings. The van der Waals surface area contributed by atoms with Crippen LogP contribution in [0.1, 0.15) is 32.8 Å². The van der Waals surface area contributed by atoms with Crippen LogP contribution in [0.4, 0.5) is 5.69 Å². The zero-order chi connectivity index (χ0) is 20.4. The van der Waals surface area contributed by atoms with Gasteiger partial charge in [0.25, 0.3) is 0 Å². The molecule has 0 aliphatic heterocycles. The van der Waals surface area contributed by atoms with Gasteiger partial charge in [-0.15, -0.1) is 0 Å². The summed E-state index contributed by atoms with van der Waals surface area (Å²) < 4.78 is 19.8. The van der Waals surface area contributed by atoms with Gasteiger partial charge in [-0.3, -0.25) is 0 Å². The molecule has 5 nitrogen and oxygen atoms in total. The van der Waals surface area contributed by atoms with E-state index in [1.165, 1.54) is 5.56 Å². The average molecular weight is 404 g/mol. The third-order valence-corrected chi connectivity index (χ3v) is 4.46. The normalized spacial score (nSPS) is 11.0. The van der Waals surface area contributed by atoms with Crippen molar-refractivity contribution in [2.45, 2.75) is 39.2 Å². The van der Waals surface area contributed by atoms with E-state index in [4.69, 9.17) is 14.2 Å². The van der Waals surface area contributed by atoms with Gasteiger partial charge < -0.3 is 18.9 Å². The van der Waals surface area contributed by atoms with Gasteiger partial charge in [0.05, 0.1) is 13.2 Å². The van der Waals surface area contributed by atoms with Crippen molar-refractivity contribution in [1.82, 2.24) is 0 Å². The highest BCUT2D eigenvalue weighted by Gasteiger charge is 2.31. The number of nitrogens with one attached hydrogen (secondary N) is 1. The van der Waals surface area contributed by atoms with Crippen molar-refractivity contribution < 1.29 is 19.0 Å². The van der Waals surface area contributed by atoms with E-state index in [1.54, 1.807) is 32.7 Å². The molecule has 2 aromatic rings. The molecule has 0 aliphatic carbocycles. The first kappa shape index (κ1) is 22.0. The summed E-state index contributed by atoms with van der Waals surface area (Å²) >= 11 is 1.56. The zero-order valence-electron chi connectivity index (χ0n) is 17.0. The van der Waals surface area contributed by atoms with Gasteiger partial charge in [0.15, 0.2) is 5.60 Å². The maximum Gasteiger partial charge on any atom is 0.349 e. The molecule has 0 radical (unpaired) electrons.